The molecule has 7 nitrogen and oxygen atoms in total. The van der Waals surface area contributed by atoms with Crippen LogP contribution in [0, 0.1) is 0 Å². The number of benzene rings is 1. The topological polar surface area (TPSA) is 98.4 Å². The number of aliphatic hydroxyl groups excluding tert-OH is 1. The molecule has 0 saturated carbocycles. The van der Waals surface area contributed by atoms with E-state index in [0.717, 1.165) is 28.1 Å². The summed E-state index contributed by atoms with van der Waals surface area (Å²) in [6.07, 6.45) is 0. The number of rotatable bonds is 6. The van der Waals surface area contributed by atoms with Crippen LogP contribution in [0.4, 0.5) is 0 Å². The van der Waals surface area contributed by atoms with Gasteiger partial charge in [0.15, 0.2) is 11.4 Å². The van der Waals surface area contributed by atoms with Crippen molar-refractivity contribution in [1.29, 1.82) is 0 Å². The number of pyridine rings is 1. The van der Waals surface area contributed by atoms with E-state index in [-0.39, 0.29) is 12.4 Å². The Bertz CT molecular complexity index is 1050. The maximum atomic E-state index is 9.43. The van der Waals surface area contributed by atoms with Crippen LogP contribution in [0.2, 0.25) is 0 Å². The Morgan fingerprint density at radius 3 is 2.67 bits per heavy atom. The van der Waals surface area contributed by atoms with Gasteiger partial charge in [0.2, 0.25) is 0 Å². The zero-order valence-corrected chi connectivity index (χ0v) is 14.9. The van der Waals surface area contributed by atoms with Crippen LogP contribution in [-0.2, 0) is 6.54 Å². The highest BCUT2D eigenvalue weighted by atomic mass is 16.3. The summed E-state index contributed by atoms with van der Waals surface area (Å²) in [5.74, 6) is 1.74. The van der Waals surface area contributed by atoms with E-state index < -0.39 is 0 Å². The summed E-state index contributed by atoms with van der Waals surface area (Å²) in [6, 6.07) is 14.6. The van der Waals surface area contributed by atoms with Crippen molar-refractivity contribution in [2.24, 2.45) is 0 Å². The third-order valence-electron chi connectivity index (χ3n) is 4.40. The molecule has 3 heterocycles. The molecular weight excluding hydrogens is 344 g/mol. The number of fused-ring (bicyclic) bond motifs is 1. The number of furan rings is 1. The van der Waals surface area contributed by atoms with Gasteiger partial charge in [-0.25, -0.2) is 4.98 Å². The molecule has 0 bridgehead atoms. The number of H-pyrrole nitrogens is 1. The van der Waals surface area contributed by atoms with Gasteiger partial charge in [-0.15, -0.1) is 0 Å². The van der Waals surface area contributed by atoms with Crippen LogP contribution in [-0.4, -0.2) is 50.5 Å². The largest absolute Gasteiger partial charge is 0.508 e. The number of phenols is 1. The second kappa shape index (κ2) is 7.22. The molecule has 0 fully saturated rings. The highest BCUT2D eigenvalue weighted by Crippen LogP contribution is 2.29. The number of phenolic OH excluding ortho intramolecular Hbond substituents is 1. The lowest BCUT2D eigenvalue weighted by molar-refractivity contribution is 0.209. The molecule has 0 aliphatic carbocycles. The molecule has 0 unspecified atom stereocenters. The maximum absolute atomic E-state index is 9.43. The van der Waals surface area contributed by atoms with Gasteiger partial charge in [-0.1, -0.05) is 0 Å². The minimum absolute atomic E-state index is 0.115. The molecule has 27 heavy (non-hydrogen) atoms. The standard InChI is InChI=1S/C20H20N4O3/c1-24(10-11-25)12-15-6-9-18(27-15)19-16-7-8-17(21-20(16)23-22-19)13-2-4-14(26)5-3-13/h2-9,25-26H,10-12H2,1H3,(H,21,22,23). The first-order chi connectivity index (χ1) is 13.1. The van der Waals surface area contributed by atoms with E-state index >= 15 is 0 Å². The number of aromatic amines is 1. The fraction of sp³-hybridized carbons (Fsp3) is 0.200. The smallest absolute Gasteiger partial charge is 0.182 e. The van der Waals surface area contributed by atoms with Crippen molar-refractivity contribution in [2.45, 2.75) is 6.54 Å². The van der Waals surface area contributed by atoms with E-state index in [2.05, 4.69) is 15.2 Å². The average molecular weight is 364 g/mol. The second-order valence-electron chi connectivity index (χ2n) is 6.44. The minimum atomic E-state index is 0.115. The van der Waals surface area contributed by atoms with Gasteiger partial charge in [-0.05, 0) is 55.6 Å². The number of aliphatic hydroxyl groups is 1. The van der Waals surface area contributed by atoms with Crippen molar-refractivity contribution in [3.8, 4) is 28.5 Å². The highest BCUT2D eigenvalue weighted by molar-refractivity contribution is 5.90. The van der Waals surface area contributed by atoms with E-state index in [4.69, 9.17) is 9.52 Å². The number of likely N-dealkylation sites (N-methyl/N-ethyl adjacent to an activating group) is 1. The Kier molecular flexibility index (Phi) is 4.62. The molecule has 7 heteroatoms. The molecule has 3 N–H and O–H groups in total. The number of aromatic hydroxyl groups is 1. The maximum Gasteiger partial charge on any atom is 0.182 e. The Hall–Kier alpha value is -3.16. The van der Waals surface area contributed by atoms with Crippen molar-refractivity contribution in [3.63, 3.8) is 0 Å². The van der Waals surface area contributed by atoms with Crippen LogP contribution >= 0.6 is 0 Å². The van der Waals surface area contributed by atoms with Crippen molar-refractivity contribution in [2.75, 3.05) is 20.2 Å². The van der Waals surface area contributed by atoms with Crippen LogP contribution in [0.1, 0.15) is 5.76 Å². The lowest BCUT2D eigenvalue weighted by Gasteiger charge is -2.12. The Morgan fingerprint density at radius 2 is 1.89 bits per heavy atom. The predicted molar refractivity (Wildman–Crippen MR) is 102 cm³/mol. The summed E-state index contributed by atoms with van der Waals surface area (Å²) in [4.78, 5) is 6.58. The second-order valence-corrected chi connectivity index (χ2v) is 6.44. The van der Waals surface area contributed by atoms with Crippen LogP contribution in [0.25, 0.3) is 33.7 Å². The first-order valence-electron chi connectivity index (χ1n) is 8.67. The lowest BCUT2D eigenvalue weighted by Crippen LogP contribution is -2.21. The highest BCUT2D eigenvalue weighted by Gasteiger charge is 2.14. The van der Waals surface area contributed by atoms with Crippen molar-refractivity contribution in [1.82, 2.24) is 20.1 Å². The van der Waals surface area contributed by atoms with Gasteiger partial charge in [-0.3, -0.25) is 10.00 Å². The van der Waals surface area contributed by atoms with E-state index in [9.17, 15) is 5.11 Å². The summed E-state index contributed by atoms with van der Waals surface area (Å²) < 4.78 is 5.93. The van der Waals surface area contributed by atoms with Crippen LogP contribution in [0.3, 0.4) is 0 Å². The van der Waals surface area contributed by atoms with Gasteiger partial charge in [0.25, 0.3) is 0 Å². The number of nitrogens with zero attached hydrogens (tertiary/aromatic N) is 3. The molecule has 4 aromatic rings. The summed E-state index contributed by atoms with van der Waals surface area (Å²) in [5.41, 5.74) is 3.08. The Morgan fingerprint density at radius 1 is 1.07 bits per heavy atom. The molecule has 0 spiro atoms. The van der Waals surface area contributed by atoms with Gasteiger partial charge >= 0.3 is 0 Å². The molecule has 138 valence electrons. The van der Waals surface area contributed by atoms with Crippen LogP contribution < -0.4 is 0 Å². The molecule has 0 atom stereocenters. The summed E-state index contributed by atoms with van der Waals surface area (Å²) in [5, 5.41) is 26.6. The molecule has 4 rings (SSSR count). The third-order valence-corrected chi connectivity index (χ3v) is 4.40. The molecule has 3 aromatic heterocycles. The van der Waals surface area contributed by atoms with Gasteiger partial charge in [0.05, 0.1) is 18.8 Å². The first kappa shape index (κ1) is 17.3. The van der Waals surface area contributed by atoms with Crippen LogP contribution in [0.15, 0.2) is 52.9 Å². The van der Waals surface area contributed by atoms with Gasteiger partial charge in [-0.2, -0.15) is 5.10 Å². The van der Waals surface area contributed by atoms with Crippen LogP contribution in [0.5, 0.6) is 5.75 Å². The molecule has 0 radical (unpaired) electrons. The van der Waals surface area contributed by atoms with Crippen molar-refractivity contribution < 1.29 is 14.6 Å². The van der Waals surface area contributed by atoms with Gasteiger partial charge in [0.1, 0.15) is 17.2 Å². The lowest BCUT2D eigenvalue weighted by atomic mass is 10.1. The molecular formula is C20H20N4O3. The first-order valence-corrected chi connectivity index (χ1v) is 8.67. The monoisotopic (exact) mass is 364 g/mol. The fourth-order valence-electron chi connectivity index (χ4n) is 2.99. The quantitative estimate of drug-likeness (QED) is 0.486. The number of hydrogen-bond acceptors (Lipinski definition) is 6. The Balaban J connectivity index is 1.62. The van der Waals surface area contributed by atoms with E-state index in [1.165, 1.54) is 0 Å². The molecule has 1 aromatic carbocycles. The third kappa shape index (κ3) is 3.55. The number of nitrogens with one attached hydrogen (secondary N) is 1. The Labute approximate surface area is 155 Å². The fourth-order valence-corrected chi connectivity index (χ4v) is 2.99. The number of hydrogen-bond donors (Lipinski definition) is 3. The van der Waals surface area contributed by atoms with Gasteiger partial charge < -0.3 is 14.6 Å². The molecule has 0 aliphatic rings. The summed E-state index contributed by atoms with van der Waals surface area (Å²) >= 11 is 0. The SMILES string of the molecule is CN(CCO)Cc1ccc(-c2[nH]nc3nc(-c4ccc(O)cc4)ccc23)o1. The molecule has 0 amide bonds. The summed E-state index contributed by atoms with van der Waals surface area (Å²) in [6.45, 7) is 1.33. The van der Waals surface area contributed by atoms with Crippen molar-refractivity contribution in [3.05, 3.63) is 54.3 Å². The van der Waals surface area contributed by atoms with Gasteiger partial charge in [0, 0.05) is 17.5 Å². The zero-order valence-electron chi connectivity index (χ0n) is 14.9. The molecule has 0 saturated heterocycles. The predicted octanol–water partition coefficient (Wildman–Crippen LogP) is 3.01. The number of aromatic nitrogens is 3. The van der Waals surface area contributed by atoms with E-state index in [1.807, 2.05) is 48.3 Å². The normalized spacial score (nSPS) is 11.5. The van der Waals surface area contributed by atoms with E-state index in [0.29, 0.717) is 24.5 Å². The summed E-state index contributed by atoms with van der Waals surface area (Å²) in [7, 11) is 1.93. The van der Waals surface area contributed by atoms with E-state index in [1.54, 1.807) is 12.1 Å². The average Bonchev–Trinajstić information content (AvgIpc) is 3.28. The molecule has 0 aliphatic heterocycles. The van der Waals surface area contributed by atoms with Crippen molar-refractivity contribution >= 4 is 11.0 Å². The minimum Gasteiger partial charge on any atom is -0.508 e. The zero-order chi connectivity index (χ0) is 18.8.